The Morgan fingerprint density at radius 2 is 2.04 bits per heavy atom. The number of nitrogens with zero attached hydrogens (tertiary/aromatic N) is 5. The Balaban J connectivity index is 2.46. The lowest BCUT2D eigenvalue weighted by atomic mass is 10.1. The molecule has 9 nitrogen and oxygen atoms in total. The topological polar surface area (TPSA) is 134 Å². The summed E-state index contributed by atoms with van der Waals surface area (Å²) < 4.78 is 1.13. The number of unbranched alkanes of at least 4 members (excludes halogenated alkanes) is 3. The number of rotatable bonds is 8. The Kier molecular flexibility index (Phi) is 6.98. The van der Waals surface area contributed by atoms with E-state index in [0.29, 0.717) is 6.42 Å². The zero-order valence-corrected chi connectivity index (χ0v) is 15.8. The second-order valence-corrected chi connectivity index (χ2v) is 6.28. The zero-order chi connectivity index (χ0) is 20.7. The van der Waals surface area contributed by atoms with Crippen molar-refractivity contribution in [2.45, 2.75) is 46.1 Å². The molecule has 0 saturated carbocycles. The van der Waals surface area contributed by atoms with Crippen molar-refractivity contribution in [2.24, 2.45) is 10.2 Å². The molecule has 9 heteroatoms. The molecule has 0 atom stereocenters. The van der Waals surface area contributed by atoms with Gasteiger partial charge in [0, 0.05) is 24.2 Å². The number of azo groups is 1. The van der Waals surface area contributed by atoms with E-state index in [0.717, 1.165) is 23.8 Å². The first-order valence-electron chi connectivity index (χ1n) is 8.93. The lowest BCUT2D eigenvalue weighted by Gasteiger charge is -2.12. The molecule has 1 heterocycles. The Hall–Kier alpha value is -3.54. The number of benzene rings is 1. The predicted molar refractivity (Wildman–Crippen MR) is 103 cm³/mol. The number of hydrogen-bond acceptors (Lipinski definition) is 7. The summed E-state index contributed by atoms with van der Waals surface area (Å²) in [7, 11) is 0. The van der Waals surface area contributed by atoms with Gasteiger partial charge in [0.05, 0.1) is 10.6 Å². The molecular weight excluding hydrogens is 362 g/mol. The van der Waals surface area contributed by atoms with Crippen molar-refractivity contribution in [1.29, 1.82) is 5.26 Å². The molecule has 0 radical (unpaired) electrons. The highest BCUT2D eigenvalue weighted by Crippen LogP contribution is 2.28. The summed E-state index contributed by atoms with van der Waals surface area (Å²) in [6.45, 7) is 3.83. The fraction of sp³-hybridized carbons (Fsp3) is 0.368. The second kappa shape index (κ2) is 9.41. The molecule has 0 spiro atoms. The summed E-state index contributed by atoms with van der Waals surface area (Å²) in [5.41, 5.74) is -0.401. The number of non-ortho nitro benzene ring substituents is 1. The van der Waals surface area contributed by atoms with Gasteiger partial charge >= 0.3 is 0 Å². The summed E-state index contributed by atoms with van der Waals surface area (Å²) >= 11 is 0. The maximum Gasteiger partial charge on any atom is 0.281 e. The van der Waals surface area contributed by atoms with Crippen molar-refractivity contribution in [2.75, 3.05) is 0 Å². The minimum absolute atomic E-state index is 0.0388. The van der Waals surface area contributed by atoms with Gasteiger partial charge in [-0.2, -0.15) is 10.4 Å². The Bertz CT molecular complexity index is 1000. The third-order valence-corrected chi connectivity index (χ3v) is 4.31. The Morgan fingerprint density at radius 3 is 2.68 bits per heavy atom. The van der Waals surface area contributed by atoms with Crippen molar-refractivity contribution < 1.29 is 10.0 Å². The van der Waals surface area contributed by atoms with Gasteiger partial charge < -0.3 is 5.11 Å². The predicted octanol–water partition coefficient (Wildman–Crippen LogP) is 4.64. The van der Waals surface area contributed by atoms with Gasteiger partial charge in [-0.15, -0.1) is 5.11 Å². The highest BCUT2D eigenvalue weighted by Gasteiger charge is 2.19. The van der Waals surface area contributed by atoms with E-state index < -0.39 is 10.5 Å². The molecule has 0 aliphatic carbocycles. The van der Waals surface area contributed by atoms with E-state index in [2.05, 4.69) is 17.2 Å². The maximum atomic E-state index is 12.8. The van der Waals surface area contributed by atoms with Gasteiger partial charge in [-0.3, -0.25) is 19.5 Å². The first-order valence-corrected chi connectivity index (χ1v) is 8.93. The fourth-order valence-electron chi connectivity index (χ4n) is 2.74. The van der Waals surface area contributed by atoms with Gasteiger partial charge in [-0.25, -0.2) is 0 Å². The third-order valence-electron chi connectivity index (χ3n) is 4.31. The number of nitro benzene ring substituents is 1. The van der Waals surface area contributed by atoms with Gasteiger partial charge in [-0.05, 0) is 19.4 Å². The largest absolute Gasteiger partial charge is 0.493 e. The van der Waals surface area contributed by atoms with Crippen molar-refractivity contribution in [3.63, 3.8) is 0 Å². The number of aromatic nitrogens is 1. The average molecular weight is 383 g/mol. The first-order chi connectivity index (χ1) is 13.4. The molecule has 28 heavy (non-hydrogen) atoms. The molecule has 2 rings (SSSR count). The van der Waals surface area contributed by atoms with E-state index in [-0.39, 0.29) is 40.6 Å². The van der Waals surface area contributed by atoms with Gasteiger partial charge in [0.15, 0.2) is 5.69 Å². The molecule has 2 aromatic rings. The SMILES string of the molecule is CCCCCCn1c(O)c(C#N)c(C)c(N=Nc2cccc([N+](=O)[O-])c2)c1=O. The zero-order valence-electron chi connectivity index (χ0n) is 15.8. The first kappa shape index (κ1) is 20.8. The summed E-state index contributed by atoms with van der Waals surface area (Å²) in [5, 5.41) is 38.4. The molecule has 0 saturated heterocycles. The van der Waals surface area contributed by atoms with Crippen LogP contribution in [-0.2, 0) is 6.54 Å². The molecule has 1 aromatic carbocycles. The van der Waals surface area contributed by atoms with Crippen LogP contribution in [0.3, 0.4) is 0 Å². The smallest absolute Gasteiger partial charge is 0.281 e. The van der Waals surface area contributed by atoms with Gasteiger partial charge in [0.2, 0.25) is 5.88 Å². The molecule has 0 fully saturated rings. The average Bonchev–Trinajstić information content (AvgIpc) is 2.67. The molecule has 0 aliphatic rings. The van der Waals surface area contributed by atoms with Crippen LogP contribution in [0.5, 0.6) is 5.88 Å². The molecule has 0 unspecified atom stereocenters. The number of aromatic hydroxyl groups is 1. The van der Waals surface area contributed by atoms with Gasteiger partial charge in [0.1, 0.15) is 11.6 Å². The second-order valence-electron chi connectivity index (χ2n) is 6.28. The van der Waals surface area contributed by atoms with Crippen LogP contribution in [0.15, 0.2) is 39.3 Å². The number of nitriles is 1. The summed E-state index contributed by atoms with van der Waals surface area (Å²) in [6, 6.07) is 7.42. The van der Waals surface area contributed by atoms with Crippen molar-refractivity contribution in [3.8, 4) is 11.9 Å². The highest BCUT2D eigenvalue weighted by atomic mass is 16.6. The Labute approximate surface area is 161 Å². The van der Waals surface area contributed by atoms with Crippen LogP contribution in [0.1, 0.15) is 43.7 Å². The summed E-state index contributed by atoms with van der Waals surface area (Å²) in [5.74, 6) is -0.379. The van der Waals surface area contributed by atoms with Crippen LogP contribution < -0.4 is 5.56 Å². The minimum atomic E-state index is -0.556. The van der Waals surface area contributed by atoms with Gasteiger partial charge in [0.25, 0.3) is 11.2 Å². The lowest BCUT2D eigenvalue weighted by Crippen LogP contribution is -2.22. The van der Waals surface area contributed by atoms with E-state index in [1.807, 2.05) is 6.07 Å². The van der Waals surface area contributed by atoms with Crippen molar-refractivity contribution in [1.82, 2.24) is 4.57 Å². The van der Waals surface area contributed by atoms with E-state index in [9.17, 15) is 25.3 Å². The number of pyridine rings is 1. The van der Waals surface area contributed by atoms with E-state index in [1.165, 1.54) is 31.2 Å². The molecule has 146 valence electrons. The van der Waals surface area contributed by atoms with Crippen LogP contribution in [0.25, 0.3) is 0 Å². The normalized spacial score (nSPS) is 10.9. The van der Waals surface area contributed by atoms with E-state index in [4.69, 9.17) is 0 Å². The summed E-state index contributed by atoms with van der Waals surface area (Å²) in [4.78, 5) is 23.1. The van der Waals surface area contributed by atoms with Crippen molar-refractivity contribution in [3.05, 3.63) is 55.9 Å². The maximum absolute atomic E-state index is 12.8. The molecule has 1 N–H and O–H groups in total. The van der Waals surface area contributed by atoms with Crippen molar-refractivity contribution >= 4 is 17.1 Å². The molecular formula is C19H21N5O4. The van der Waals surface area contributed by atoms with Crippen LogP contribution in [-0.4, -0.2) is 14.6 Å². The quantitative estimate of drug-likeness (QED) is 0.307. The van der Waals surface area contributed by atoms with E-state index in [1.54, 1.807) is 0 Å². The molecule has 1 aromatic heterocycles. The molecule has 0 amide bonds. The standard InChI is InChI=1S/C19H21N5O4/c1-3-4-5-6-10-23-18(25)16(12-20)13(2)17(19(23)26)22-21-14-8-7-9-15(11-14)24(27)28/h7-9,11,25H,3-6,10H2,1-2H3. The Morgan fingerprint density at radius 1 is 1.29 bits per heavy atom. The number of nitro groups is 1. The lowest BCUT2D eigenvalue weighted by molar-refractivity contribution is -0.384. The van der Waals surface area contributed by atoms with Crippen LogP contribution in [0.4, 0.5) is 17.1 Å². The molecule has 0 bridgehead atoms. The minimum Gasteiger partial charge on any atom is -0.493 e. The number of hydrogen-bond donors (Lipinski definition) is 1. The third kappa shape index (κ3) is 4.59. The monoisotopic (exact) mass is 383 g/mol. The van der Waals surface area contributed by atoms with Crippen LogP contribution in [0, 0.1) is 28.4 Å². The van der Waals surface area contributed by atoms with Crippen LogP contribution >= 0.6 is 0 Å². The van der Waals surface area contributed by atoms with Crippen LogP contribution in [0.2, 0.25) is 0 Å². The summed E-state index contributed by atoms with van der Waals surface area (Å²) in [6.07, 6.45) is 3.60. The van der Waals surface area contributed by atoms with E-state index >= 15 is 0 Å². The highest BCUT2D eigenvalue weighted by molar-refractivity contribution is 5.57. The fourth-order valence-corrected chi connectivity index (χ4v) is 2.74. The molecule has 0 aliphatic heterocycles. The van der Waals surface area contributed by atoms with Gasteiger partial charge in [-0.1, -0.05) is 32.3 Å².